The van der Waals surface area contributed by atoms with E-state index in [-0.39, 0.29) is 5.56 Å². The van der Waals surface area contributed by atoms with Gasteiger partial charge < -0.3 is 19.8 Å². The third-order valence-electron chi connectivity index (χ3n) is 3.49. The molecule has 0 saturated heterocycles. The minimum Gasteiger partial charge on any atom is -0.493 e. The van der Waals surface area contributed by atoms with Crippen molar-refractivity contribution in [3.05, 3.63) is 51.9 Å². The lowest BCUT2D eigenvalue weighted by molar-refractivity contribution is 0.355. The molecular weight excluding hydrogens is 268 g/mol. The summed E-state index contributed by atoms with van der Waals surface area (Å²) in [6.07, 6.45) is 1.98. The molecule has 2 heterocycles. The summed E-state index contributed by atoms with van der Waals surface area (Å²) < 4.78 is 10.6. The number of hydrogen-bond donors (Lipinski definition) is 2. The zero-order valence-electron chi connectivity index (χ0n) is 11.9. The maximum absolute atomic E-state index is 11.4. The molecule has 3 rings (SSSR count). The van der Waals surface area contributed by atoms with E-state index < -0.39 is 0 Å². The molecule has 1 aliphatic rings. The van der Waals surface area contributed by atoms with Gasteiger partial charge in [0.05, 0.1) is 25.6 Å². The average Bonchev–Trinajstić information content (AvgIpc) is 2.53. The van der Waals surface area contributed by atoms with E-state index in [0.717, 1.165) is 22.5 Å². The van der Waals surface area contributed by atoms with Crippen molar-refractivity contribution in [2.75, 3.05) is 26.1 Å². The van der Waals surface area contributed by atoms with Crippen LogP contribution in [-0.4, -0.2) is 25.7 Å². The Morgan fingerprint density at radius 2 is 1.86 bits per heavy atom. The zero-order chi connectivity index (χ0) is 14.8. The molecule has 0 fully saturated rings. The van der Waals surface area contributed by atoms with Gasteiger partial charge in [-0.3, -0.25) is 4.79 Å². The van der Waals surface area contributed by atoms with E-state index in [0.29, 0.717) is 18.0 Å². The van der Waals surface area contributed by atoms with Gasteiger partial charge in [-0.05, 0) is 35.4 Å². The van der Waals surface area contributed by atoms with Crippen LogP contribution in [-0.2, 0) is 0 Å². The number of aromatic amines is 1. The van der Waals surface area contributed by atoms with Crippen LogP contribution in [0.5, 0.6) is 11.5 Å². The molecule has 1 aromatic heterocycles. The molecule has 0 saturated carbocycles. The Labute approximate surface area is 122 Å². The summed E-state index contributed by atoms with van der Waals surface area (Å²) in [7, 11) is 3.22. The molecule has 5 nitrogen and oxygen atoms in total. The maximum Gasteiger partial charge on any atom is 0.248 e. The van der Waals surface area contributed by atoms with Crippen LogP contribution < -0.4 is 20.3 Å². The van der Waals surface area contributed by atoms with Crippen LogP contribution >= 0.6 is 0 Å². The van der Waals surface area contributed by atoms with E-state index in [1.165, 1.54) is 6.07 Å². The number of ether oxygens (including phenoxy) is 2. The van der Waals surface area contributed by atoms with Crippen LogP contribution in [0.3, 0.4) is 0 Å². The second-order valence-electron chi connectivity index (χ2n) is 4.74. The molecule has 108 valence electrons. The SMILES string of the molecule is COc1ccc(C2=Cc3[nH]c(=O)ccc3NC2)cc1OC. The van der Waals surface area contributed by atoms with E-state index in [2.05, 4.69) is 10.3 Å². The molecule has 0 radical (unpaired) electrons. The fourth-order valence-electron chi connectivity index (χ4n) is 2.40. The Hall–Kier alpha value is -2.69. The smallest absolute Gasteiger partial charge is 0.248 e. The highest BCUT2D eigenvalue weighted by molar-refractivity contribution is 5.89. The fourth-order valence-corrected chi connectivity index (χ4v) is 2.40. The van der Waals surface area contributed by atoms with Crippen LogP contribution in [0.4, 0.5) is 5.69 Å². The summed E-state index contributed by atoms with van der Waals surface area (Å²) in [5, 5.41) is 3.29. The predicted molar refractivity (Wildman–Crippen MR) is 83.0 cm³/mol. The van der Waals surface area contributed by atoms with E-state index in [1.54, 1.807) is 20.3 Å². The first-order valence-electron chi connectivity index (χ1n) is 6.61. The van der Waals surface area contributed by atoms with Gasteiger partial charge in [0.1, 0.15) is 0 Å². The highest BCUT2D eigenvalue weighted by atomic mass is 16.5. The summed E-state index contributed by atoms with van der Waals surface area (Å²) in [6, 6.07) is 9.08. The summed E-state index contributed by atoms with van der Waals surface area (Å²) in [5.41, 5.74) is 3.71. The first-order valence-corrected chi connectivity index (χ1v) is 6.61. The molecule has 1 aromatic carbocycles. The largest absolute Gasteiger partial charge is 0.493 e. The first kappa shape index (κ1) is 13.3. The van der Waals surface area contributed by atoms with Gasteiger partial charge in [-0.15, -0.1) is 0 Å². The Balaban J connectivity index is 2.03. The topological polar surface area (TPSA) is 63.4 Å². The predicted octanol–water partition coefficient (Wildman–Crippen LogP) is 2.36. The Morgan fingerprint density at radius 1 is 1.05 bits per heavy atom. The van der Waals surface area contributed by atoms with Crippen molar-refractivity contribution in [3.8, 4) is 11.5 Å². The lowest BCUT2D eigenvalue weighted by atomic mass is 10.0. The molecule has 0 aliphatic carbocycles. The van der Waals surface area contributed by atoms with Gasteiger partial charge in [-0.2, -0.15) is 0 Å². The summed E-state index contributed by atoms with van der Waals surface area (Å²) in [4.78, 5) is 14.2. The lowest BCUT2D eigenvalue weighted by Gasteiger charge is -2.19. The van der Waals surface area contributed by atoms with Gasteiger partial charge in [0, 0.05) is 12.6 Å². The van der Waals surface area contributed by atoms with E-state index in [1.807, 2.05) is 24.3 Å². The van der Waals surface area contributed by atoms with E-state index >= 15 is 0 Å². The average molecular weight is 284 g/mol. The molecular formula is C16H16N2O3. The maximum atomic E-state index is 11.4. The minimum atomic E-state index is -0.111. The van der Waals surface area contributed by atoms with Crippen LogP contribution in [0.15, 0.2) is 35.1 Å². The van der Waals surface area contributed by atoms with Crippen LogP contribution in [0.1, 0.15) is 11.3 Å². The molecule has 1 aliphatic heterocycles. The van der Waals surface area contributed by atoms with E-state index in [4.69, 9.17) is 9.47 Å². The third-order valence-corrected chi connectivity index (χ3v) is 3.49. The molecule has 0 unspecified atom stereocenters. The minimum absolute atomic E-state index is 0.111. The van der Waals surface area contributed by atoms with Crippen molar-refractivity contribution in [3.63, 3.8) is 0 Å². The Bertz CT molecular complexity index is 762. The van der Waals surface area contributed by atoms with Gasteiger partial charge >= 0.3 is 0 Å². The van der Waals surface area contributed by atoms with Gasteiger partial charge in [0.25, 0.3) is 0 Å². The Kier molecular flexibility index (Phi) is 3.39. The normalized spacial score (nSPS) is 13.0. The lowest BCUT2D eigenvalue weighted by Crippen LogP contribution is -2.15. The van der Waals surface area contributed by atoms with Crippen molar-refractivity contribution in [1.29, 1.82) is 0 Å². The number of nitrogens with one attached hydrogen (secondary N) is 2. The number of methoxy groups -OCH3 is 2. The Morgan fingerprint density at radius 3 is 2.62 bits per heavy atom. The fraction of sp³-hybridized carbons (Fsp3) is 0.188. The van der Waals surface area contributed by atoms with Crippen molar-refractivity contribution < 1.29 is 9.47 Å². The number of fused-ring (bicyclic) bond motifs is 1. The van der Waals surface area contributed by atoms with Gasteiger partial charge in [-0.25, -0.2) is 0 Å². The molecule has 0 spiro atoms. The van der Waals surface area contributed by atoms with Crippen molar-refractivity contribution in [2.45, 2.75) is 0 Å². The number of anilines is 1. The van der Waals surface area contributed by atoms with Crippen molar-refractivity contribution >= 4 is 17.3 Å². The highest BCUT2D eigenvalue weighted by Crippen LogP contribution is 2.32. The number of rotatable bonds is 3. The molecule has 0 atom stereocenters. The van der Waals surface area contributed by atoms with E-state index in [9.17, 15) is 4.79 Å². The molecule has 21 heavy (non-hydrogen) atoms. The number of H-pyrrole nitrogens is 1. The second-order valence-corrected chi connectivity index (χ2v) is 4.74. The highest BCUT2D eigenvalue weighted by Gasteiger charge is 2.13. The molecule has 0 amide bonds. The summed E-state index contributed by atoms with van der Waals surface area (Å²) in [6.45, 7) is 0.689. The molecule has 2 N–H and O–H groups in total. The second kappa shape index (κ2) is 5.36. The standard InChI is InChI=1S/C16H16N2O3/c1-20-14-5-3-10(8-15(14)21-2)11-7-13-12(17-9-11)4-6-16(19)18-13/h3-8,17H,9H2,1-2H3,(H,18,19). The van der Waals surface area contributed by atoms with Crippen LogP contribution in [0.2, 0.25) is 0 Å². The number of pyridine rings is 1. The zero-order valence-corrected chi connectivity index (χ0v) is 11.9. The number of hydrogen-bond acceptors (Lipinski definition) is 4. The van der Waals surface area contributed by atoms with Crippen LogP contribution in [0.25, 0.3) is 11.6 Å². The van der Waals surface area contributed by atoms with Gasteiger partial charge in [-0.1, -0.05) is 6.07 Å². The quantitative estimate of drug-likeness (QED) is 0.908. The van der Waals surface area contributed by atoms with Crippen molar-refractivity contribution in [2.24, 2.45) is 0 Å². The summed E-state index contributed by atoms with van der Waals surface area (Å²) in [5.74, 6) is 1.38. The van der Waals surface area contributed by atoms with Crippen LogP contribution in [0, 0.1) is 0 Å². The van der Waals surface area contributed by atoms with Gasteiger partial charge in [0.15, 0.2) is 11.5 Å². The summed E-state index contributed by atoms with van der Waals surface area (Å²) >= 11 is 0. The molecule has 2 aromatic rings. The number of aromatic nitrogens is 1. The molecule has 5 heteroatoms. The monoisotopic (exact) mass is 284 g/mol. The molecule has 0 bridgehead atoms. The first-order chi connectivity index (χ1) is 10.2. The van der Waals surface area contributed by atoms with Crippen molar-refractivity contribution in [1.82, 2.24) is 4.98 Å². The number of benzene rings is 1. The third kappa shape index (κ3) is 2.50. The van der Waals surface area contributed by atoms with Gasteiger partial charge in [0.2, 0.25) is 5.56 Å².